The van der Waals surface area contributed by atoms with Crippen LogP contribution in [0.25, 0.3) is 0 Å². The number of carbonyl (C=O) groups excluding carboxylic acids is 2. The molecule has 1 saturated heterocycles. The Balaban J connectivity index is 1.87. The Hall–Kier alpha value is -2.28. The number of hydrogen-bond acceptors (Lipinski definition) is 3. The maximum Gasteiger partial charge on any atom is 0.303 e. The number of nitrogens with zero attached hydrogens (tertiary/aromatic N) is 1. The van der Waals surface area contributed by atoms with E-state index in [1.165, 1.54) is 26.2 Å². The zero-order valence-electron chi connectivity index (χ0n) is 15.6. The molecule has 1 aliphatic heterocycles. The summed E-state index contributed by atoms with van der Waals surface area (Å²) in [6.45, 7) is 1.98. The fourth-order valence-corrected chi connectivity index (χ4v) is 4.04. The van der Waals surface area contributed by atoms with Gasteiger partial charge in [0, 0.05) is 26.4 Å². The van der Waals surface area contributed by atoms with E-state index in [1.54, 1.807) is 11.9 Å². The lowest BCUT2D eigenvalue weighted by atomic mass is 9.85. The number of benzene rings is 1. The van der Waals surface area contributed by atoms with Crippen LogP contribution >= 0.6 is 0 Å². The topological polar surface area (TPSA) is 46.6 Å². The Morgan fingerprint density at radius 3 is 2.50 bits per heavy atom. The molecule has 1 saturated carbocycles. The largest absolute Gasteiger partial charge is 0.457 e. The molecule has 0 aromatic heterocycles. The lowest BCUT2D eigenvalue weighted by molar-refractivity contribution is -0.152. The summed E-state index contributed by atoms with van der Waals surface area (Å²) in [5.41, 5.74) is 0.848. The number of hydrogen-bond donors (Lipinski definition) is 0. The molecule has 1 amide bonds. The highest BCUT2D eigenvalue weighted by Gasteiger charge is 2.45. The Morgan fingerprint density at radius 2 is 1.85 bits per heavy atom. The van der Waals surface area contributed by atoms with Gasteiger partial charge in [0.15, 0.2) is 0 Å². The quantitative estimate of drug-likeness (QED) is 0.616. The van der Waals surface area contributed by atoms with Gasteiger partial charge in [-0.25, -0.2) is 0 Å². The highest BCUT2D eigenvalue weighted by molar-refractivity contribution is 5.83. The first kappa shape index (κ1) is 18.5. The third kappa shape index (κ3) is 4.27. The van der Waals surface area contributed by atoms with Crippen molar-refractivity contribution >= 4 is 11.9 Å². The van der Waals surface area contributed by atoms with Gasteiger partial charge in [0.2, 0.25) is 5.91 Å². The van der Waals surface area contributed by atoms with E-state index in [4.69, 9.17) is 4.74 Å². The van der Waals surface area contributed by atoms with Gasteiger partial charge in [-0.15, -0.1) is 0 Å². The van der Waals surface area contributed by atoms with Crippen molar-refractivity contribution in [2.45, 2.75) is 45.1 Å². The fraction of sp³-hybridized carbons (Fsp3) is 0.545. The van der Waals surface area contributed by atoms with Crippen LogP contribution in [0, 0.1) is 29.6 Å². The molecule has 0 spiro atoms. The van der Waals surface area contributed by atoms with E-state index in [0.29, 0.717) is 12.5 Å². The van der Waals surface area contributed by atoms with Gasteiger partial charge < -0.3 is 9.64 Å². The number of amides is 1. The molecule has 1 aliphatic carbocycles. The van der Waals surface area contributed by atoms with Gasteiger partial charge >= 0.3 is 5.97 Å². The van der Waals surface area contributed by atoms with Crippen LogP contribution in [0.1, 0.15) is 50.7 Å². The zero-order chi connectivity index (χ0) is 18.5. The summed E-state index contributed by atoms with van der Waals surface area (Å²) in [7, 11) is 1.80. The van der Waals surface area contributed by atoms with Crippen LogP contribution in [0.5, 0.6) is 0 Å². The highest BCUT2D eigenvalue weighted by atomic mass is 16.5. The number of ether oxygens (including phenoxy) is 1. The van der Waals surface area contributed by atoms with E-state index in [9.17, 15) is 9.59 Å². The Morgan fingerprint density at radius 1 is 1.15 bits per heavy atom. The minimum absolute atomic E-state index is 0.00282. The minimum Gasteiger partial charge on any atom is -0.457 e. The van der Waals surface area contributed by atoms with E-state index in [1.807, 2.05) is 30.3 Å². The van der Waals surface area contributed by atoms with Gasteiger partial charge in [-0.1, -0.05) is 61.4 Å². The first-order chi connectivity index (χ1) is 12.6. The minimum atomic E-state index is -0.586. The van der Waals surface area contributed by atoms with Crippen molar-refractivity contribution in [2.24, 2.45) is 17.8 Å². The molecule has 138 valence electrons. The third-order valence-electron chi connectivity index (χ3n) is 5.39. The maximum atomic E-state index is 12.8. The van der Waals surface area contributed by atoms with Crippen molar-refractivity contribution in [1.29, 1.82) is 0 Å². The average Bonchev–Trinajstić information content (AvgIpc) is 2.93. The number of rotatable bonds is 3. The maximum absolute atomic E-state index is 12.8. The molecule has 3 unspecified atom stereocenters. The number of likely N-dealkylation sites (tertiary alicyclic amines) is 1. The first-order valence-corrected chi connectivity index (χ1v) is 9.54. The summed E-state index contributed by atoms with van der Waals surface area (Å²) in [6, 6.07) is 9.53. The van der Waals surface area contributed by atoms with Crippen LogP contribution in [0.4, 0.5) is 0 Å². The molecule has 0 bridgehead atoms. The van der Waals surface area contributed by atoms with Gasteiger partial charge in [0.05, 0.1) is 11.8 Å². The van der Waals surface area contributed by atoms with Crippen molar-refractivity contribution < 1.29 is 14.3 Å². The van der Waals surface area contributed by atoms with Crippen LogP contribution in [-0.4, -0.2) is 30.4 Å². The van der Waals surface area contributed by atoms with Crippen molar-refractivity contribution in [3.63, 3.8) is 0 Å². The molecule has 2 fully saturated rings. The van der Waals surface area contributed by atoms with Crippen LogP contribution in [0.2, 0.25) is 0 Å². The van der Waals surface area contributed by atoms with Gasteiger partial charge in [-0.05, 0) is 18.4 Å². The van der Waals surface area contributed by atoms with Crippen molar-refractivity contribution in [3.8, 4) is 11.8 Å². The Labute approximate surface area is 155 Å². The van der Waals surface area contributed by atoms with Crippen LogP contribution in [0.3, 0.4) is 0 Å². The molecular formula is C22H27NO3. The van der Waals surface area contributed by atoms with Crippen molar-refractivity contribution in [3.05, 3.63) is 35.9 Å². The number of carbonyl (C=O) groups is 2. The molecule has 1 heterocycles. The molecular weight excluding hydrogens is 326 g/mol. The monoisotopic (exact) mass is 353 g/mol. The molecule has 2 aliphatic rings. The SMILES string of the molecule is CC(=O)OC(c1ccccc1)C1C(=O)N(C)CC1C#CC1CCCCC1. The molecule has 0 N–H and O–H groups in total. The normalized spacial score (nSPS) is 24.7. The van der Waals surface area contributed by atoms with Gasteiger partial charge in [-0.3, -0.25) is 9.59 Å². The van der Waals surface area contributed by atoms with Gasteiger partial charge in [0.1, 0.15) is 6.10 Å². The third-order valence-corrected chi connectivity index (χ3v) is 5.39. The van der Waals surface area contributed by atoms with Crippen LogP contribution in [-0.2, 0) is 14.3 Å². The van der Waals surface area contributed by atoms with Crippen LogP contribution < -0.4 is 0 Å². The smallest absolute Gasteiger partial charge is 0.303 e. The van der Waals surface area contributed by atoms with Crippen LogP contribution in [0.15, 0.2) is 30.3 Å². The second-order valence-electron chi connectivity index (χ2n) is 7.42. The van der Waals surface area contributed by atoms with Crippen molar-refractivity contribution in [1.82, 2.24) is 4.90 Å². The first-order valence-electron chi connectivity index (χ1n) is 9.54. The molecule has 1 aromatic carbocycles. The second kappa shape index (κ2) is 8.40. The summed E-state index contributed by atoms with van der Waals surface area (Å²) in [5, 5.41) is 0. The number of esters is 1. The molecule has 26 heavy (non-hydrogen) atoms. The van der Waals surface area contributed by atoms with E-state index >= 15 is 0 Å². The molecule has 0 radical (unpaired) electrons. The second-order valence-corrected chi connectivity index (χ2v) is 7.42. The summed E-state index contributed by atoms with van der Waals surface area (Å²) in [6.07, 6.45) is 5.50. The summed E-state index contributed by atoms with van der Waals surface area (Å²) in [5.74, 6) is 6.32. The predicted octanol–water partition coefficient (Wildman–Crippen LogP) is 3.58. The van der Waals surface area contributed by atoms with Gasteiger partial charge in [-0.2, -0.15) is 0 Å². The lowest BCUT2D eigenvalue weighted by Gasteiger charge is -2.24. The summed E-state index contributed by atoms with van der Waals surface area (Å²) < 4.78 is 5.61. The molecule has 1 aromatic rings. The molecule has 3 rings (SSSR count). The average molecular weight is 353 g/mol. The highest BCUT2D eigenvalue weighted by Crippen LogP contribution is 2.37. The molecule has 4 nitrogen and oxygen atoms in total. The van der Waals surface area contributed by atoms with E-state index in [2.05, 4.69) is 11.8 Å². The Bertz CT molecular complexity index is 697. The lowest BCUT2D eigenvalue weighted by Crippen LogP contribution is -2.29. The zero-order valence-corrected chi connectivity index (χ0v) is 15.6. The van der Waals surface area contributed by atoms with E-state index in [-0.39, 0.29) is 17.8 Å². The predicted molar refractivity (Wildman–Crippen MR) is 99.9 cm³/mol. The molecule has 4 heteroatoms. The molecule has 3 atom stereocenters. The summed E-state index contributed by atoms with van der Waals surface area (Å²) >= 11 is 0. The van der Waals surface area contributed by atoms with E-state index < -0.39 is 12.0 Å². The van der Waals surface area contributed by atoms with Crippen molar-refractivity contribution in [2.75, 3.05) is 13.6 Å². The van der Waals surface area contributed by atoms with Gasteiger partial charge in [0.25, 0.3) is 0 Å². The van der Waals surface area contributed by atoms with E-state index in [0.717, 1.165) is 18.4 Å². The Kier molecular flexibility index (Phi) is 5.98. The fourth-order valence-electron chi connectivity index (χ4n) is 4.04. The standard InChI is InChI=1S/C22H27NO3/c1-16(24)26-21(18-11-7-4-8-12-18)20-19(15-23(2)22(20)25)14-13-17-9-5-3-6-10-17/h4,7-8,11-12,17,19-21H,3,5-6,9-10,15H2,1-2H3. The summed E-state index contributed by atoms with van der Waals surface area (Å²) in [4.78, 5) is 26.2.